The zero-order valence-corrected chi connectivity index (χ0v) is 11.2. The molecule has 0 bridgehead atoms. The Morgan fingerprint density at radius 3 is 2.47 bits per heavy atom. The first-order valence-corrected chi connectivity index (χ1v) is 6.88. The van der Waals surface area contributed by atoms with Crippen LogP contribution in [0.25, 0.3) is 0 Å². The molecule has 1 atom stereocenters. The van der Waals surface area contributed by atoms with E-state index in [9.17, 15) is 0 Å². The van der Waals surface area contributed by atoms with Gasteiger partial charge >= 0.3 is 0 Å². The van der Waals surface area contributed by atoms with E-state index in [0.717, 1.165) is 5.75 Å². The molecule has 0 fully saturated rings. The minimum atomic E-state index is 0.585. The van der Waals surface area contributed by atoms with E-state index in [-0.39, 0.29) is 0 Å². The number of hydrogen-bond donors (Lipinski definition) is 0. The molecule has 2 rings (SSSR count). The number of rotatable bonds is 4. The largest absolute Gasteiger partial charge is 0.239 e. The van der Waals surface area contributed by atoms with Crippen molar-refractivity contribution < 1.29 is 4.57 Å². The molecular weight excluding hydrogens is 226 g/mol. The first-order chi connectivity index (χ1) is 8.27. The van der Waals surface area contributed by atoms with Crippen molar-refractivity contribution in [1.29, 1.82) is 0 Å². The van der Waals surface area contributed by atoms with E-state index in [1.54, 1.807) is 0 Å². The van der Waals surface area contributed by atoms with Gasteiger partial charge in [0.1, 0.15) is 7.05 Å². The lowest BCUT2D eigenvalue weighted by molar-refractivity contribution is -0.708. The van der Waals surface area contributed by atoms with Crippen LogP contribution in [0.3, 0.4) is 0 Å². The van der Waals surface area contributed by atoms with Crippen LogP contribution in [0.15, 0.2) is 59.8 Å². The molecule has 17 heavy (non-hydrogen) atoms. The van der Waals surface area contributed by atoms with Gasteiger partial charge in [-0.2, -0.15) is 4.57 Å². The summed E-state index contributed by atoms with van der Waals surface area (Å²) in [5.74, 6) is 1.70. The Labute approximate surface area is 108 Å². The van der Waals surface area contributed by atoms with Crippen LogP contribution in [0.2, 0.25) is 0 Å². The maximum absolute atomic E-state index is 2.28. The summed E-state index contributed by atoms with van der Waals surface area (Å²) in [6.07, 6.45) is 2.09. The summed E-state index contributed by atoms with van der Waals surface area (Å²) in [6.45, 7) is 2.28. The van der Waals surface area contributed by atoms with Gasteiger partial charge in [-0.1, -0.05) is 49.0 Å². The van der Waals surface area contributed by atoms with Crippen molar-refractivity contribution in [2.45, 2.75) is 17.9 Å². The molecule has 0 spiro atoms. The van der Waals surface area contributed by atoms with Gasteiger partial charge in [-0.25, -0.2) is 0 Å². The molecule has 0 saturated carbocycles. The second-order valence-corrected chi connectivity index (χ2v) is 5.31. The summed E-state index contributed by atoms with van der Waals surface area (Å²) in [6, 6.07) is 17.0. The third kappa shape index (κ3) is 3.34. The van der Waals surface area contributed by atoms with Crippen molar-refractivity contribution in [3.63, 3.8) is 0 Å². The van der Waals surface area contributed by atoms with E-state index in [4.69, 9.17) is 0 Å². The second kappa shape index (κ2) is 5.87. The fourth-order valence-electron chi connectivity index (χ4n) is 1.75. The molecule has 0 aliphatic rings. The Bertz CT molecular complexity index is 467. The maximum Gasteiger partial charge on any atom is 0.239 e. The molecule has 0 saturated heterocycles. The van der Waals surface area contributed by atoms with Crippen molar-refractivity contribution in [2.75, 3.05) is 5.75 Å². The molecule has 0 N–H and O–H groups in total. The Morgan fingerprint density at radius 2 is 1.76 bits per heavy atom. The van der Waals surface area contributed by atoms with Crippen molar-refractivity contribution in [3.05, 3.63) is 60.3 Å². The molecular formula is C15H18NS+. The molecule has 88 valence electrons. The Kier molecular flexibility index (Phi) is 4.21. The molecule has 1 aromatic carbocycles. The Balaban J connectivity index is 1.97. The Hall–Kier alpha value is -1.28. The number of aromatic nitrogens is 1. The van der Waals surface area contributed by atoms with Gasteiger partial charge in [-0.3, -0.25) is 0 Å². The average Bonchev–Trinajstić information content (AvgIpc) is 2.38. The van der Waals surface area contributed by atoms with Crippen LogP contribution in [0, 0.1) is 0 Å². The standard InChI is InChI=1S/C15H18NS/c1-13(14-8-4-3-5-9-14)12-17-15-10-6-7-11-16(15)2/h3-11,13H,12H2,1-2H3/q+1. The molecule has 1 nitrogen and oxygen atoms in total. The average molecular weight is 244 g/mol. The van der Waals surface area contributed by atoms with Crippen LogP contribution in [0.4, 0.5) is 0 Å². The van der Waals surface area contributed by atoms with Crippen LogP contribution in [0.1, 0.15) is 18.4 Å². The predicted octanol–water partition coefficient (Wildman–Crippen LogP) is 3.41. The summed E-state index contributed by atoms with van der Waals surface area (Å²) in [4.78, 5) is 0. The molecule has 0 aliphatic carbocycles. The fourth-order valence-corrected chi connectivity index (χ4v) is 2.80. The number of hydrogen-bond acceptors (Lipinski definition) is 1. The topological polar surface area (TPSA) is 3.88 Å². The highest BCUT2D eigenvalue weighted by atomic mass is 32.2. The minimum absolute atomic E-state index is 0.585. The normalized spacial score (nSPS) is 12.4. The summed E-state index contributed by atoms with van der Waals surface area (Å²) < 4.78 is 2.17. The van der Waals surface area contributed by atoms with Crippen molar-refractivity contribution in [3.8, 4) is 0 Å². The molecule has 0 amide bonds. The van der Waals surface area contributed by atoms with E-state index in [2.05, 4.69) is 73.3 Å². The first kappa shape index (κ1) is 12.2. The minimum Gasteiger partial charge on any atom is -0.196 e. The third-order valence-electron chi connectivity index (χ3n) is 2.86. The van der Waals surface area contributed by atoms with Gasteiger partial charge in [0.15, 0.2) is 6.20 Å². The van der Waals surface area contributed by atoms with Crippen LogP contribution in [-0.2, 0) is 7.05 Å². The van der Waals surface area contributed by atoms with Crippen molar-refractivity contribution in [2.24, 2.45) is 7.05 Å². The molecule has 2 aromatic rings. The monoisotopic (exact) mass is 244 g/mol. The SMILES string of the molecule is CC(CSc1cccc[n+]1C)c1ccccc1. The molecule has 1 unspecified atom stereocenters. The molecule has 0 aliphatic heterocycles. The van der Waals surface area contributed by atoms with Gasteiger partial charge < -0.3 is 0 Å². The first-order valence-electron chi connectivity index (χ1n) is 5.90. The smallest absolute Gasteiger partial charge is 0.196 e. The highest BCUT2D eigenvalue weighted by molar-refractivity contribution is 7.99. The number of pyridine rings is 1. The zero-order chi connectivity index (χ0) is 12.1. The van der Waals surface area contributed by atoms with Crippen LogP contribution in [0.5, 0.6) is 0 Å². The third-order valence-corrected chi connectivity index (χ3v) is 4.24. The summed E-state index contributed by atoms with van der Waals surface area (Å²) in [5.41, 5.74) is 1.42. The van der Waals surface area contributed by atoms with Crippen molar-refractivity contribution in [1.82, 2.24) is 0 Å². The molecule has 0 radical (unpaired) electrons. The van der Waals surface area contributed by atoms with Crippen molar-refractivity contribution >= 4 is 11.8 Å². The lowest BCUT2D eigenvalue weighted by Crippen LogP contribution is -2.29. The van der Waals surface area contributed by atoms with E-state index in [0.29, 0.717) is 5.92 Å². The van der Waals surface area contributed by atoms with E-state index >= 15 is 0 Å². The number of aryl methyl sites for hydroxylation is 1. The van der Waals surface area contributed by atoms with Gasteiger partial charge in [0.25, 0.3) is 0 Å². The second-order valence-electron chi connectivity index (χ2n) is 4.27. The predicted molar refractivity (Wildman–Crippen MR) is 73.2 cm³/mol. The highest BCUT2D eigenvalue weighted by Crippen LogP contribution is 2.23. The number of thioether (sulfide) groups is 1. The lowest BCUT2D eigenvalue weighted by atomic mass is 10.0. The van der Waals surface area contributed by atoms with Crippen LogP contribution >= 0.6 is 11.8 Å². The van der Waals surface area contributed by atoms with Gasteiger partial charge in [0, 0.05) is 17.9 Å². The fraction of sp³-hybridized carbons (Fsp3) is 0.267. The number of nitrogens with zero attached hydrogens (tertiary/aromatic N) is 1. The quantitative estimate of drug-likeness (QED) is 0.589. The molecule has 1 heterocycles. The summed E-state index contributed by atoms with van der Waals surface area (Å²) in [5, 5.41) is 1.32. The maximum atomic E-state index is 2.28. The molecule has 2 heteroatoms. The lowest BCUT2D eigenvalue weighted by Gasteiger charge is -2.10. The highest BCUT2D eigenvalue weighted by Gasteiger charge is 2.10. The number of benzene rings is 1. The van der Waals surface area contributed by atoms with Gasteiger partial charge in [-0.05, 0) is 17.5 Å². The zero-order valence-electron chi connectivity index (χ0n) is 10.3. The molecule has 1 aromatic heterocycles. The van der Waals surface area contributed by atoms with E-state index in [1.807, 2.05) is 11.8 Å². The van der Waals surface area contributed by atoms with Gasteiger partial charge in [0.05, 0.1) is 0 Å². The van der Waals surface area contributed by atoms with E-state index in [1.165, 1.54) is 10.6 Å². The van der Waals surface area contributed by atoms with E-state index < -0.39 is 0 Å². The summed E-state index contributed by atoms with van der Waals surface area (Å²) in [7, 11) is 2.09. The van der Waals surface area contributed by atoms with Gasteiger partial charge in [0.2, 0.25) is 5.03 Å². The van der Waals surface area contributed by atoms with Crippen LogP contribution < -0.4 is 4.57 Å². The van der Waals surface area contributed by atoms with Gasteiger partial charge in [-0.15, -0.1) is 0 Å². The Morgan fingerprint density at radius 1 is 1.06 bits per heavy atom. The summed E-state index contributed by atoms with van der Waals surface area (Å²) >= 11 is 1.91. The van der Waals surface area contributed by atoms with Crippen LogP contribution in [-0.4, -0.2) is 5.75 Å².